The van der Waals surface area contributed by atoms with Crippen LogP contribution in [0.4, 0.5) is 0 Å². The Morgan fingerprint density at radius 3 is 2.39 bits per heavy atom. The Kier molecular flexibility index (Phi) is 4.10. The highest BCUT2D eigenvalue weighted by Gasteiger charge is 2.31. The highest BCUT2D eigenvalue weighted by Crippen LogP contribution is 2.33. The van der Waals surface area contributed by atoms with Gasteiger partial charge in [-0.25, -0.2) is 9.58 Å². The van der Waals surface area contributed by atoms with E-state index < -0.39 is 0 Å². The largest absolute Gasteiger partial charge is 0.323 e. The van der Waals surface area contributed by atoms with Gasteiger partial charge in [0, 0.05) is 45.1 Å². The minimum Gasteiger partial charge on any atom is -0.323 e. The zero-order valence-electron chi connectivity index (χ0n) is 12.4. The predicted molar refractivity (Wildman–Crippen MR) is 76.8 cm³/mol. The van der Waals surface area contributed by atoms with Crippen LogP contribution in [0.1, 0.15) is 46.0 Å². The lowest BCUT2D eigenvalue weighted by atomic mass is 9.78. The van der Waals surface area contributed by atoms with E-state index in [-0.39, 0.29) is 0 Å². The molecule has 1 aliphatic carbocycles. The van der Waals surface area contributed by atoms with Gasteiger partial charge < -0.3 is 5.43 Å². The van der Waals surface area contributed by atoms with Gasteiger partial charge >= 0.3 is 0 Å². The molecule has 1 N–H and O–H groups in total. The molecule has 3 heteroatoms. The van der Waals surface area contributed by atoms with Gasteiger partial charge in [-0.3, -0.25) is 0 Å². The van der Waals surface area contributed by atoms with E-state index in [0.717, 1.165) is 6.42 Å². The van der Waals surface area contributed by atoms with Crippen molar-refractivity contribution in [1.29, 1.82) is 0 Å². The van der Waals surface area contributed by atoms with Crippen molar-refractivity contribution in [3.63, 3.8) is 0 Å². The molecule has 2 rings (SSSR count). The molecule has 0 amide bonds. The van der Waals surface area contributed by atoms with Crippen LogP contribution in [-0.2, 0) is 0 Å². The number of allylic oxidation sites excluding steroid dienone is 2. The van der Waals surface area contributed by atoms with Gasteiger partial charge in [0.1, 0.15) is 13.1 Å². The van der Waals surface area contributed by atoms with E-state index in [4.69, 9.17) is 0 Å². The molecule has 102 valence electrons. The minimum atomic E-state index is 0.375. The molecule has 0 atom stereocenters. The van der Waals surface area contributed by atoms with Crippen molar-refractivity contribution < 1.29 is 4.58 Å². The number of hydrazine groups is 1. The molecule has 0 bridgehead atoms. The highest BCUT2D eigenvalue weighted by atomic mass is 15.5. The van der Waals surface area contributed by atoms with Gasteiger partial charge in [-0.05, 0) is 18.3 Å². The van der Waals surface area contributed by atoms with Gasteiger partial charge in [0.15, 0.2) is 5.71 Å². The maximum atomic E-state index is 3.45. The molecule has 1 aliphatic heterocycles. The second-order valence-electron chi connectivity index (χ2n) is 6.73. The summed E-state index contributed by atoms with van der Waals surface area (Å²) in [7, 11) is 4.12. The summed E-state index contributed by atoms with van der Waals surface area (Å²) >= 11 is 0. The van der Waals surface area contributed by atoms with Crippen LogP contribution in [0.5, 0.6) is 0 Å². The third-order valence-corrected chi connectivity index (χ3v) is 3.80. The summed E-state index contributed by atoms with van der Waals surface area (Å²) in [6.07, 6.45) is 8.85. The molecule has 0 spiro atoms. The van der Waals surface area contributed by atoms with Gasteiger partial charge in [0.05, 0.1) is 0 Å². The van der Waals surface area contributed by atoms with E-state index in [9.17, 15) is 0 Å². The van der Waals surface area contributed by atoms with Crippen molar-refractivity contribution in [2.75, 3.05) is 27.2 Å². The number of hydrogen-bond donors (Lipinski definition) is 1. The lowest BCUT2D eigenvalue weighted by molar-refractivity contribution is -0.538. The minimum absolute atomic E-state index is 0.375. The van der Waals surface area contributed by atoms with E-state index in [1.807, 2.05) is 5.01 Å². The van der Waals surface area contributed by atoms with E-state index >= 15 is 0 Å². The fourth-order valence-corrected chi connectivity index (χ4v) is 3.11. The average Bonchev–Trinajstić information content (AvgIpc) is 2.27. The van der Waals surface area contributed by atoms with Gasteiger partial charge in [-0.1, -0.05) is 13.8 Å². The van der Waals surface area contributed by atoms with Crippen molar-refractivity contribution in [2.45, 2.75) is 46.0 Å². The molecular formula is C15H28N3+. The van der Waals surface area contributed by atoms with Gasteiger partial charge in [-0.2, -0.15) is 0 Å². The van der Waals surface area contributed by atoms with Crippen molar-refractivity contribution in [2.24, 2.45) is 5.41 Å². The second kappa shape index (κ2) is 5.43. The Morgan fingerprint density at radius 2 is 1.78 bits per heavy atom. The SMILES string of the molecule is CN(C)NC1=CC(=[N+]2CCCCC2)CC(C)(C)C1. The lowest BCUT2D eigenvalue weighted by Crippen LogP contribution is -2.38. The van der Waals surface area contributed by atoms with E-state index in [0.29, 0.717) is 5.41 Å². The number of rotatable bonds is 2. The standard InChI is InChI=1S/C15H27N3/c1-15(2)11-13(16-17(3)4)10-14(12-15)18-8-6-5-7-9-18/h10H,5-9,11-12H2,1-4H3/p+1. The molecule has 0 saturated carbocycles. The molecule has 1 heterocycles. The zero-order valence-corrected chi connectivity index (χ0v) is 12.4. The number of piperidine rings is 1. The Labute approximate surface area is 112 Å². The monoisotopic (exact) mass is 250 g/mol. The number of hydrogen-bond acceptors (Lipinski definition) is 2. The summed E-state index contributed by atoms with van der Waals surface area (Å²) in [5, 5.41) is 2.04. The van der Waals surface area contributed by atoms with Crippen LogP contribution in [0.2, 0.25) is 0 Å². The Morgan fingerprint density at radius 1 is 1.11 bits per heavy atom. The second-order valence-corrected chi connectivity index (χ2v) is 6.73. The van der Waals surface area contributed by atoms with Gasteiger partial charge in [-0.15, -0.1) is 0 Å². The first-order chi connectivity index (χ1) is 8.46. The quantitative estimate of drug-likeness (QED) is 0.599. The molecule has 18 heavy (non-hydrogen) atoms. The van der Waals surface area contributed by atoms with Crippen LogP contribution in [0.15, 0.2) is 11.8 Å². The third-order valence-electron chi connectivity index (χ3n) is 3.80. The summed E-state index contributed by atoms with van der Waals surface area (Å²) in [4.78, 5) is 0. The smallest absolute Gasteiger partial charge is 0.178 e. The normalized spacial score (nSPS) is 24.2. The molecular weight excluding hydrogens is 222 g/mol. The molecule has 0 aromatic carbocycles. The van der Waals surface area contributed by atoms with Crippen molar-refractivity contribution >= 4 is 5.71 Å². The van der Waals surface area contributed by atoms with Crippen LogP contribution in [0.25, 0.3) is 0 Å². The predicted octanol–water partition coefficient (Wildman–Crippen LogP) is 2.39. The zero-order chi connectivity index (χ0) is 13.2. The molecule has 0 radical (unpaired) electrons. The molecule has 0 aromatic rings. The number of nitrogens with one attached hydrogen (secondary N) is 1. The topological polar surface area (TPSA) is 18.3 Å². The lowest BCUT2D eigenvalue weighted by Gasteiger charge is -2.31. The number of nitrogens with zero attached hydrogens (tertiary/aromatic N) is 2. The maximum absolute atomic E-state index is 3.45. The average molecular weight is 250 g/mol. The maximum Gasteiger partial charge on any atom is 0.178 e. The Bertz CT molecular complexity index is 356. The van der Waals surface area contributed by atoms with E-state index in [2.05, 4.69) is 44.0 Å². The Hall–Kier alpha value is -0.830. The highest BCUT2D eigenvalue weighted by molar-refractivity contribution is 5.92. The molecule has 3 nitrogen and oxygen atoms in total. The fraction of sp³-hybridized carbons (Fsp3) is 0.800. The first-order valence-electron chi connectivity index (χ1n) is 7.22. The molecule has 0 unspecified atom stereocenters. The van der Waals surface area contributed by atoms with Gasteiger partial charge in [0.25, 0.3) is 0 Å². The summed E-state index contributed by atoms with van der Waals surface area (Å²) in [6.45, 7) is 7.25. The summed E-state index contributed by atoms with van der Waals surface area (Å²) < 4.78 is 2.60. The Balaban J connectivity index is 2.22. The fourth-order valence-electron chi connectivity index (χ4n) is 3.11. The summed E-state index contributed by atoms with van der Waals surface area (Å²) in [6, 6.07) is 0. The first-order valence-corrected chi connectivity index (χ1v) is 7.22. The third kappa shape index (κ3) is 3.58. The van der Waals surface area contributed by atoms with Crippen LogP contribution in [0, 0.1) is 5.41 Å². The van der Waals surface area contributed by atoms with E-state index in [1.54, 1.807) is 0 Å². The van der Waals surface area contributed by atoms with E-state index in [1.165, 1.54) is 50.2 Å². The molecule has 0 aromatic heterocycles. The summed E-state index contributed by atoms with van der Waals surface area (Å²) in [5.74, 6) is 0. The van der Waals surface area contributed by atoms with Crippen LogP contribution in [-0.4, -0.2) is 42.5 Å². The van der Waals surface area contributed by atoms with Crippen molar-refractivity contribution in [1.82, 2.24) is 10.4 Å². The van der Waals surface area contributed by atoms with Crippen LogP contribution < -0.4 is 5.43 Å². The van der Waals surface area contributed by atoms with Crippen molar-refractivity contribution in [3.8, 4) is 0 Å². The first kappa shape index (κ1) is 13.6. The van der Waals surface area contributed by atoms with Crippen LogP contribution in [0.3, 0.4) is 0 Å². The summed E-state index contributed by atoms with van der Waals surface area (Å²) in [5.41, 5.74) is 6.72. The van der Waals surface area contributed by atoms with Crippen LogP contribution >= 0.6 is 0 Å². The van der Waals surface area contributed by atoms with Gasteiger partial charge in [0.2, 0.25) is 0 Å². The molecule has 1 saturated heterocycles. The van der Waals surface area contributed by atoms with Crippen molar-refractivity contribution in [3.05, 3.63) is 11.8 Å². The molecule has 1 fully saturated rings. The molecule has 2 aliphatic rings.